The number of aliphatic imine (C=N–C) groups is 1. The van der Waals surface area contributed by atoms with E-state index in [-0.39, 0.29) is 5.41 Å². The maximum Gasteiger partial charge on any atom is 0.118 e. The predicted octanol–water partition coefficient (Wildman–Crippen LogP) is 8.64. The molecular weight excluding hydrogens is 410 g/mol. The van der Waals surface area contributed by atoms with Gasteiger partial charge in [0.15, 0.2) is 0 Å². The molecule has 0 aromatic heterocycles. The highest BCUT2D eigenvalue weighted by atomic mass is 32.2. The van der Waals surface area contributed by atoms with Crippen LogP contribution >= 0.6 is 11.8 Å². The Bertz CT molecular complexity index is 927. The lowest BCUT2D eigenvalue weighted by Crippen LogP contribution is -2.31. The summed E-state index contributed by atoms with van der Waals surface area (Å²) < 4.78 is 5.28. The number of methoxy groups -OCH3 is 1. The highest BCUT2D eigenvalue weighted by Gasteiger charge is 2.32. The average Bonchev–Trinajstić information content (AvgIpc) is 2.96. The van der Waals surface area contributed by atoms with E-state index in [1.165, 1.54) is 65.9 Å². The smallest absolute Gasteiger partial charge is 0.118 e. The predicted molar refractivity (Wildman–Crippen MR) is 139 cm³/mol. The zero-order chi connectivity index (χ0) is 22.6. The largest absolute Gasteiger partial charge is 0.497 e. The van der Waals surface area contributed by atoms with Gasteiger partial charge in [0.05, 0.1) is 12.8 Å². The minimum absolute atomic E-state index is 0.165. The van der Waals surface area contributed by atoms with Crippen molar-refractivity contribution in [1.29, 1.82) is 0 Å². The minimum atomic E-state index is 0.165. The Morgan fingerprint density at radius 1 is 1.03 bits per heavy atom. The molecule has 0 saturated heterocycles. The van der Waals surface area contributed by atoms with Gasteiger partial charge >= 0.3 is 0 Å². The van der Waals surface area contributed by atoms with Gasteiger partial charge in [0, 0.05) is 21.8 Å². The number of rotatable bonds is 9. The highest BCUT2D eigenvalue weighted by molar-refractivity contribution is 7.98. The van der Waals surface area contributed by atoms with Crippen molar-refractivity contribution in [2.45, 2.75) is 82.8 Å². The first-order valence-corrected chi connectivity index (χ1v) is 13.4. The third-order valence-corrected chi connectivity index (χ3v) is 8.80. The second-order valence-corrected chi connectivity index (χ2v) is 11.3. The molecule has 1 atom stereocenters. The number of aryl methyl sites for hydroxylation is 1. The van der Waals surface area contributed by atoms with Gasteiger partial charge in [0.25, 0.3) is 0 Å². The van der Waals surface area contributed by atoms with Gasteiger partial charge < -0.3 is 4.74 Å². The normalized spacial score (nSPS) is 19.0. The molecule has 32 heavy (non-hydrogen) atoms. The number of nitrogens with zero attached hydrogens (tertiary/aromatic N) is 1. The molecule has 2 aromatic carbocycles. The Labute approximate surface area is 199 Å². The van der Waals surface area contributed by atoms with Crippen LogP contribution in [0.1, 0.15) is 76.8 Å². The Hall–Kier alpha value is -1.74. The van der Waals surface area contributed by atoms with Crippen LogP contribution in [-0.4, -0.2) is 12.8 Å². The quantitative estimate of drug-likeness (QED) is 0.357. The van der Waals surface area contributed by atoms with E-state index >= 15 is 0 Å². The molecule has 1 aliphatic carbocycles. The first kappa shape index (κ1) is 23.4. The lowest BCUT2D eigenvalue weighted by Gasteiger charge is -2.33. The van der Waals surface area contributed by atoms with Gasteiger partial charge in [-0.1, -0.05) is 58.2 Å². The third kappa shape index (κ3) is 5.60. The number of fused-ring (bicyclic) bond motifs is 1. The number of benzene rings is 2. The third-order valence-electron chi connectivity index (χ3n) is 7.74. The monoisotopic (exact) mass is 449 g/mol. The molecular formula is C29H39NOS. The SMILES string of the molecule is CCC(C)(C)C1=Nc2cc(SCc3ccc(OC)cc3)ccc2CCC1CCC1CCC1. The van der Waals surface area contributed by atoms with E-state index in [1.807, 2.05) is 23.9 Å². The van der Waals surface area contributed by atoms with Crippen molar-refractivity contribution < 1.29 is 4.74 Å². The number of thioether (sulfide) groups is 1. The van der Waals surface area contributed by atoms with Crippen molar-refractivity contribution in [3.05, 3.63) is 53.6 Å². The summed E-state index contributed by atoms with van der Waals surface area (Å²) in [6.07, 6.45) is 10.6. The summed E-state index contributed by atoms with van der Waals surface area (Å²) >= 11 is 1.90. The van der Waals surface area contributed by atoms with Crippen LogP contribution in [0, 0.1) is 17.3 Å². The molecule has 1 fully saturated rings. The van der Waals surface area contributed by atoms with Crippen LogP contribution in [0.25, 0.3) is 0 Å². The van der Waals surface area contributed by atoms with E-state index < -0.39 is 0 Å². The Morgan fingerprint density at radius 3 is 2.47 bits per heavy atom. The van der Waals surface area contributed by atoms with Gasteiger partial charge in [-0.25, -0.2) is 0 Å². The molecule has 1 unspecified atom stereocenters. The first-order valence-electron chi connectivity index (χ1n) is 12.5. The summed E-state index contributed by atoms with van der Waals surface area (Å²) in [6, 6.07) is 15.4. The highest BCUT2D eigenvalue weighted by Crippen LogP contribution is 2.41. The maximum absolute atomic E-state index is 5.41. The molecule has 0 bridgehead atoms. The van der Waals surface area contributed by atoms with Gasteiger partial charge in [0.2, 0.25) is 0 Å². The van der Waals surface area contributed by atoms with Crippen molar-refractivity contribution in [2.75, 3.05) is 7.11 Å². The second kappa shape index (κ2) is 10.5. The van der Waals surface area contributed by atoms with E-state index in [9.17, 15) is 0 Å². The summed E-state index contributed by atoms with van der Waals surface area (Å²) in [5.41, 5.74) is 5.58. The second-order valence-electron chi connectivity index (χ2n) is 10.3. The number of hydrogen-bond acceptors (Lipinski definition) is 3. The number of ether oxygens (including phenoxy) is 1. The molecule has 0 N–H and O–H groups in total. The molecule has 2 aromatic rings. The Morgan fingerprint density at radius 2 is 1.81 bits per heavy atom. The van der Waals surface area contributed by atoms with Crippen LogP contribution in [0.4, 0.5) is 5.69 Å². The van der Waals surface area contributed by atoms with Crippen LogP contribution in [0.15, 0.2) is 52.4 Å². The van der Waals surface area contributed by atoms with E-state index in [2.05, 4.69) is 51.1 Å². The Balaban J connectivity index is 1.52. The lowest BCUT2D eigenvalue weighted by molar-refractivity contribution is 0.276. The molecule has 0 amide bonds. The van der Waals surface area contributed by atoms with E-state index in [1.54, 1.807) is 7.11 Å². The minimum Gasteiger partial charge on any atom is -0.497 e. The van der Waals surface area contributed by atoms with Crippen molar-refractivity contribution in [2.24, 2.45) is 22.2 Å². The molecule has 1 saturated carbocycles. The van der Waals surface area contributed by atoms with Gasteiger partial charge in [-0.05, 0) is 79.3 Å². The summed E-state index contributed by atoms with van der Waals surface area (Å²) in [5.74, 6) is 3.49. The first-order chi connectivity index (χ1) is 15.5. The molecule has 1 heterocycles. The molecule has 0 spiro atoms. The van der Waals surface area contributed by atoms with Crippen LogP contribution in [0.2, 0.25) is 0 Å². The standard InChI is InChI=1S/C29H39NOS/c1-5-29(2,3)28-24(12-9-21-7-6-8-21)14-13-23-15-18-26(19-27(23)30-28)32-20-22-10-16-25(31-4)17-11-22/h10-11,15-19,21,24H,5-9,12-14,20H2,1-4H3. The molecule has 2 nitrogen and oxygen atoms in total. The average molecular weight is 450 g/mol. The maximum atomic E-state index is 5.41. The van der Waals surface area contributed by atoms with Gasteiger partial charge in [0.1, 0.15) is 5.75 Å². The van der Waals surface area contributed by atoms with Gasteiger partial charge in [-0.2, -0.15) is 0 Å². The summed E-state index contributed by atoms with van der Waals surface area (Å²) in [5, 5.41) is 0. The van der Waals surface area contributed by atoms with E-state index in [0.29, 0.717) is 5.92 Å². The Kier molecular flexibility index (Phi) is 7.66. The molecule has 172 valence electrons. The topological polar surface area (TPSA) is 21.6 Å². The van der Waals surface area contributed by atoms with Crippen molar-refractivity contribution in [3.63, 3.8) is 0 Å². The lowest BCUT2D eigenvalue weighted by atomic mass is 9.73. The van der Waals surface area contributed by atoms with Crippen LogP contribution in [0.5, 0.6) is 5.75 Å². The zero-order valence-electron chi connectivity index (χ0n) is 20.3. The van der Waals surface area contributed by atoms with Crippen molar-refractivity contribution in [1.82, 2.24) is 0 Å². The fourth-order valence-electron chi connectivity index (χ4n) is 4.91. The van der Waals surface area contributed by atoms with Crippen molar-refractivity contribution in [3.8, 4) is 5.75 Å². The molecule has 1 aliphatic heterocycles. The summed E-state index contributed by atoms with van der Waals surface area (Å²) in [4.78, 5) is 6.72. The van der Waals surface area contributed by atoms with Gasteiger partial charge in [-0.15, -0.1) is 11.8 Å². The molecule has 0 radical (unpaired) electrons. The van der Waals surface area contributed by atoms with Crippen molar-refractivity contribution >= 4 is 23.2 Å². The van der Waals surface area contributed by atoms with E-state index in [0.717, 1.165) is 30.3 Å². The van der Waals surface area contributed by atoms with E-state index in [4.69, 9.17) is 9.73 Å². The molecule has 4 rings (SSSR count). The van der Waals surface area contributed by atoms with Gasteiger partial charge in [-0.3, -0.25) is 4.99 Å². The molecule has 2 aliphatic rings. The summed E-state index contributed by atoms with van der Waals surface area (Å²) in [7, 11) is 1.71. The zero-order valence-corrected chi connectivity index (χ0v) is 21.1. The molecule has 3 heteroatoms. The fourth-order valence-corrected chi connectivity index (χ4v) is 5.79. The van der Waals surface area contributed by atoms with Crippen LogP contribution < -0.4 is 4.74 Å². The van der Waals surface area contributed by atoms with Crippen LogP contribution in [-0.2, 0) is 12.2 Å². The summed E-state index contributed by atoms with van der Waals surface area (Å²) in [6.45, 7) is 7.11. The van der Waals surface area contributed by atoms with Crippen LogP contribution in [0.3, 0.4) is 0 Å². The fraction of sp³-hybridized carbons (Fsp3) is 0.552. The number of hydrogen-bond donors (Lipinski definition) is 0.